The summed E-state index contributed by atoms with van der Waals surface area (Å²) in [5.41, 5.74) is 2.05. The Kier molecular flexibility index (Phi) is 4.33. The molecule has 124 valence electrons. The van der Waals surface area contributed by atoms with Gasteiger partial charge in [-0.1, -0.05) is 23.4 Å². The largest absolute Gasteiger partial charge is 0.297 e. The minimum atomic E-state index is 0.615. The van der Waals surface area contributed by atoms with Crippen LogP contribution in [0.5, 0.6) is 0 Å². The maximum absolute atomic E-state index is 4.33. The number of nitrogens with zero attached hydrogens (tertiary/aromatic N) is 7. The van der Waals surface area contributed by atoms with Gasteiger partial charge in [0.15, 0.2) is 0 Å². The fourth-order valence-corrected chi connectivity index (χ4v) is 3.34. The van der Waals surface area contributed by atoms with Crippen LogP contribution < -0.4 is 0 Å². The van der Waals surface area contributed by atoms with Crippen LogP contribution in [-0.4, -0.2) is 47.7 Å². The van der Waals surface area contributed by atoms with E-state index in [0.717, 1.165) is 37.6 Å². The molecule has 2 aromatic heterocycles. The molecule has 7 nitrogen and oxygen atoms in total. The summed E-state index contributed by atoms with van der Waals surface area (Å²) in [6.07, 6.45) is 7.88. The topological polar surface area (TPSA) is 64.7 Å². The molecule has 3 heterocycles. The van der Waals surface area contributed by atoms with Crippen molar-refractivity contribution in [3.05, 3.63) is 54.9 Å². The highest BCUT2D eigenvalue weighted by atomic mass is 15.4. The highest BCUT2D eigenvalue weighted by Gasteiger charge is 2.21. The molecule has 24 heavy (non-hydrogen) atoms. The number of para-hydroxylation sites is 1. The monoisotopic (exact) mass is 323 g/mol. The molecule has 7 heteroatoms. The molecule has 0 bridgehead atoms. The van der Waals surface area contributed by atoms with E-state index in [1.54, 1.807) is 12.7 Å². The highest BCUT2D eigenvalue weighted by molar-refractivity contribution is 5.29. The van der Waals surface area contributed by atoms with Crippen LogP contribution in [0.2, 0.25) is 0 Å². The predicted octanol–water partition coefficient (Wildman–Crippen LogP) is 1.77. The molecule has 4 rings (SSSR count). The number of benzene rings is 1. The van der Waals surface area contributed by atoms with Gasteiger partial charge in [-0.3, -0.25) is 9.58 Å². The van der Waals surface area contributed by atoms with E-state index in [0.29, 0.717) is 5.92 Å². The first-order chi connectivity index (χ1) is 11.9. The Bertz CT molecular complexity index is 750. The van der Waals surface area contributed by atoms with Crippen LogP contribution in [0, 0.1) is 5.92 Å². The van der Waals surface area contributed by atoms with Crippen LogP contribution in [0.3, 0.4) is 0 Å². The Morgan fingerprint density at radius 2 is 2.08 bits per heavy atom. The van der Waals surface area contributed by atoms with E-state index in [1.165, 1.54) is 12.8 Å². The van der Waals surface area contributed by atoms with Crippen LogP contribution in [0.4, 0.5) is 0 Å². The number of hydrogen-bond acceptors (Lipinski definition) is 5. The lowest BCUT2D eigenvalue weighted by atomic mass is 9.98. The van der Waals surface area contributed by atoms with E-state index < -0.39 is 0 Å². The Labute approximate surface area is 140 Å². The molecule has 1 fully saturated rings. The lowest BCUT2D eigenvalue weighted by Gasteiger charge is -2.31. The van der Waals surface area contributed by atoms with Gasteiger partial charge >= 0.3 is 0 Å². The second kappa shape index (κ2) is 6.92. The number of aromatic nitrogens is 6. The molecule has 0 spiro atoms. The summed E-state index contributed by atoms with van der Waals surface area (Å²) in [6, 6.07) is 10.1. The minimum absolute atomic E-state index is 0.615. The van der Waals surface area contributed by atoms with Gasteiger partial charge in [0.1, 0.15) is 12.7 Å². The molecule has 1 aliphatic heterocycles. The first-order valence-corrected chi connectivity index (χ1v) is 8.38. The number of likely N-dealkylation sites (tertiary alicyclic amines) is 1. The third-order valence-electron chi connectivity index (χ3n) is 4.46. The highest BCUT2D eigenvalue weighted by Crippen LogP contribution is 2.19. The average molecular weight is 323 g/mol. The minimum Gasteiger partial charge on any atom is -0.297 e. The van der Waals surface area contributed by atoms with E-state index >= 15 is 0 Å². The first-order valence-electron chi connectivity index (χ1n) is 8.38. The Morgan fingerprint density at radius 3 is 2.92 bits per heavy atom. The smallest absolute Gasteiger partial charge is 0.137 e. The van der Waals surface area contributed by atoms with Crippen molar-refractivity contribution in [3.8, 4) is 5.69 Å². The molecule has 1 aliphatic rings. The van der Waals surface area contributed by atoms with E-state index in [4.69, 9.17) is 0 Å². The average Bonchev–Trinajstić information content (AvgIpc) is 3.28. The van der Waals surface area contributed by atoms with Crippen molar-refractivity contribution in [3.63, 3.8) is 0 Å². The van der Waals surface area contributed by atoms with Crippen molar-refractivity contribution in [1.29, 1.82) is 0 Å². The second-order valence-electron chi connectivity index (χ2n) is 6.35. The zero-order valence-corrected chi connectivity index (χ0v) is 13.6. The van der Waals surface area contributed by atoms with Gasteiger partial charge in [0.25, 0.3) is 0 Å². The maximum Gasteiger partial charge on any atom is 0.137 e. The number of rotatable bonds is 5. The summed E-state index contributed by atoms with van der Waals surface area (Å²) in [5.74, 6) is 0.615. The van der Waals surface area contributed by atoms with Crippen molar-refractivity contribution in [2.75, 3.05) is 13.1 Å². The second-order valence-corrected chi connectivity index (χ2v) is 6.35. The predicted molar refractivity (Wildman–Crippen MR) is 89.4 cm³/mol. The molecule has 1 aromatic carbocycles. The van der Waals surface area contributed by atoms with E-state index in [9.17, 15) is 0 Å². The molecule has 0 amide bonds. The molecule has 0 N–H and O–H groups in total. The summed E-state index contributed by atoms with van der Waals surface area (Å²) in [7, 11) is 0. The van der Waals surface area contributed by atoms with Crippen LogP contribution in [0.1, 0.15) is 18.5 Å². The Morgan fingerprint density at radius 1 is 1.17 bits per heavy atom. The fourth-order valence-electron chi connectivity index (χ4n) is 3.34. The number of hydrogen-bond donors (Lipinski definition) is 0. The van der Waals surface area contributed by atoms with Gasteiger partial charge in [-0.25, -0.2) is 9.67 Å². The lowest BCUT2D eigenvalue weighted by Crippen LogP contribution is -2.36. The summed E-state index contributed by atoms with van der Waals surface area (Å²) in [4.78, 5) is 6.49. The number of piperidine rings is 1. The van der Waals surface area contributed by atoms with E-state index in [2.05, 4.69) is 25.3 Å². The summed E-state index contributed by atoms with van der Waals surface area (Å²) in [5, 5.41) is 12.8. The molecular formula is C17H21N7. The maximum atomic E-state index is 4.33. The standard InChI is InChI=1S/C17H21N7/c1-2-6-17(7-3-1)24-12-16(20-21-24)11-22-8-4-5-15(9-22)10-23-14-18-13-19-23/h1-3,6-7,12-15H,4-5,8-11H2/t15-/m0/s1. The van der Waals surface area contributed by atoms with E-state index in [-0.39, 0.29) is 0 Å². The molecule has 0 radical (unpaired) electrons. The van der Waals surface area contributed by atoms with Gasteiger partial charge in [0.05, 0.1) is 17.6 Å². The van der Waals surface area contributed by atoms with Crippen molar-refractivity contribution in [2.45, 2.75) is 25.9 Å². The third kappa shape index (κ3) is 3.51. The molecular weight excluding hydrogens is 302 g/mol. The van der Waals surface area contributed by atoms with Gasteiger partial charge in [0.2, 0.25) is 0 Å². The van der Waals surface area contributed by atoms with Gasteiger partial charge < -0.3 is 0 Å². The van der Waals surface area contributed by atoms with Crippen molar-refractivity contribution in [2.24, 2.45) is 5.92 Å². The molecule has 1 atom stereocenters. The Hall–Kier alpha value is -2.54. The van der Waals surface area contributed by atoms with Crippen molar-refractivity contribution < 1.29 is 0 Å². The molecule has 1 saturated heterocycles. The molecule has 0 unspecified atom stereocenters. The van der Waals surface area contributed by atoms with Gasteiger partial charge in [-0.15, -0.1) is 5.10 Å². The van der Waals surface area contributed by atoms with Crippen LogP contribution in [0.25, 0.3) is 5.69 Å². The molecule has 0 aliphatic carbocycles. The summed E-state index contributed by atoms with van der Waals surface area (Å²) in [6.45, 7) is 3.97. The van der Waals surface area contributed by atoms with Crippen molar-refractivity contribution >= 4 is 0 Å². The SMILES string of the molecule is c1ccc(-n2cc(CN3CCC[C@H](Cn4cncn4)C3)nn2)cc1. The fraction of sp³-hybridized carbons (Fsp3) is 0.412. The quantitative estimate of drug-likeness (QED) is 0.716. The van der Waals surface area contributed by atoms with Gasteiger partial charge in [-0.05, 0) is 37.4 Å². The van der Waals surface area contributed by atoms with Crippen LogP contribution in [-0.2, 0) is 13.1 Å². The zero-order valence-electron chi connectivity index (χ0n) is 13.6. The summed E-state index contributed by atoms with van der Waals surface area (Å²) < 4.78 is 3.77. The normalized spacial score (nSPS) is 18.8. The van der Waals surface area contributed by atoms with Crippen LogP contribution in [0.15, 0.2) is 49.2 Å². The van der Waals surface area contributed by atoms with Crippen LogP contribution >= 0.6 is 0 Å². The van der Waals surface area contributed by atoms with E-state index in [1.807, 2.05) is 45.9 Å². The van der Waals surface area contributed by atoms with Gasteiger partial charge in [0, 0.05) is 19.6 Å². The lowest BCUT2D eigenvalue weighted by molar-refractivity contribution is 0.151. The zero-order chi connectivity index (χ0) is 16.2. The van der Waals surface area contributed by atoms with Crippen molar-refractivity contribution in [1.82, 2.24) is 34.7 Å². The van der Waals surface area contributed by atoms with Gasteiger partial charge in [-0.2, -0.15) is 5.10 Å². The third-order valence-corrected chi connectivity index (χ3v) is 4.46. The Balaban J connectivity index is 1.37. The summed E-state index contributed by atoms with van der Waals surface area (Å²) >= 11 is 0. The first kappa shape index (κ1) is 15.0. The molecule has 0 saturated carbocycles. The molecule has 3 aromatic rings.